The fourth-order valence-electron chi connectivity index (χ4n) is 3.13. The lowest BCUT2D eigenvalue weighted by Crippen LogP contribution is -2.16. The van der Waals surface area contributed by atoms with E-state index in [4.69, 9.17) is 8.92 Å². The number of benzene rings is 3. The zero-order valence-electron chi connectivity index (χ0n) is 20.0. The van der Waals surface area contributed by atoms with E-state index in [1.165, 1.54) is 74.7 Å². The summed E-state index contributed by atoms with van der Waals surface area (Å²) < 4.78 is 35.5. The summed E-state index contributed by atoms with van der Waals surface area (Å²) in [6.45, 7) is 1.33. The largest absolute Gasteiger partial charge is 0.465 e. The molecule has 0 bridgehead atoms. The molecule has 0 spiro atoms. The molecule has 0 atom stereocenters. The molecule has 0 aliphatic rings. The molecule has 2 amide bonds. The lowest BCUT2D eigenvalue weighted by Gasteiger charge is -2.11. The minimum Gasteiger partial charge on any atom is -0.465 e. The van der Waals surface area contributed by atoms with Crippen LogP contribution in [0.2, 0.25) is 0 Å². The van der Waals surface area contributed by atoms with Crippen molar-refractivity contribution in [1.29, 1.82) is 5.26 Å². The highest BCUT2D eigenvalue weighted by Gasteiger charge is 2.19. The third-order valence-corrected chi connectivity index (χ3v) is 6.74. The van der Waals surface area contributed by atoms with Gasteiger partial charge in [-0.1, -0.05) is 18.2 Å². The molecule has 0 saturated heterocycles. The molecule has 10 nitrogen and oxygen atoms in total. The van der Waals surface area contributed by atoms with Crippen molar-refractivity contribution in [1.82, 2.24) is 0 Å². The lowest BCUT2D eigenvalue weighted by atomic mass is 10.1. The molecule has 2 N–H and O–H groups in total. The molecule has 3 rings (SSSR count). The van der Waals surface area contributed by atoms with Gasteiger partial charge in [-0.2, -0.15) is 13.7 Å². The number of amides is 2. The second-order valence-electron chi connectivity index (χ2n) is 7.59. The first-order valence-corrected chi connectivity index (χ1v) is 13.0. The van der Waals surface area contributed by atoms with Gasteiger partial charge in [-0.05, 0) is 76.1 Å². The monoisotopic (exact) mass is 597 g/mol. The molecule has 194 valence electrons. The highest BCUT2D eigenvalue weighted by atomic mass is 79.9. The van der Waals surface area contributed by atoms with Crippen LogP contribution in [0.15, 0.2) is 81.7 Å². The van der Waals surface area contributed by atoms with Crippen molar-refractivity contribution in [2.24, 2.45) is 0 Å². The molecule has 12 heteroatoms. The van der Waals surface area contributed by atoms with Crippen LogP contribution in [0, 0.1) is 11.3 Å². The van der Waals surface area contributed by atoms with E-state index in [1.807, 2.05) is 6.07 Å². The number of para-hydroxylation sites is 1. The predicted octanol–water partition coefficient (Wildman–Crippen LogP) is 4.51. The number of hydrogen-bond donors (Lipinski definition) is 2. The summed E-state index contributed by atoms with van der Waals surface area (Å²) in [6, 6.07) is 17.7. The quantitative estimate of drug-likeness (QED) is 0.166. The van der Waals surface area contributed by atoms with Crippen molar-refractivity contribution >= 4 is 61.3 Å². The Hall–Kier alpha value is -4.47. The molecule has 38 heavy (non-hydrogen) atoms. The lowest BCUT2D eigenvalue weighted by molar-refractivity contribution is -0.114. The van der Waals surface area contributed by atoms with Gasteiger partial charge in [-0.25, -0.2) is 4.79 Å². The number of rotatable bonds is 8. The van der Waals surface area contributed by atoms with Gasteiger partial charge in [0.2, 0.25) is 5.91 Å². The van der Waals surface area contributed by atoms with Crippen molar-refractivity contribution < 1.29 is 31.7 Å². The van der Waals surface area contributed by atoms with Crippen molar-refractivity contribution in [2.45, 2.75) is 11.8 Å². The number of ether oxygens (including phenoxy) is 1. The van der Waals surface area contributed by atoms with E-state index in [2.05, 4.69) is 26.6 Å². The van der Waals surface area contributed by atoms with Crippen LogP contribution in [-0.4, -0.2) is 33.3 Å². The Balaban J connectivity index is 1.79. The Labute approximate surface area is 227 Å². The Morgan fingerprint density at radius 2 is 1.68 bits per heavy atom. The van der Waals surface area contributed by atoms with Gasteiger partial charge in [0, 0.05) is 12.6 Å². The third-order valence-electron chi connectivity index (χ3n) is 4.88. The second kappa shape index (κ2) is 12.2. The first kappa shape index (κ1) is 28.1. The number of halogens is 1. The van der Waals surface area contributed by atoms with Crippen LogP contribution < -0.4 is 14.8 Å². The molecule has 0 radical (unpaired) electrons. The molecule has 0 unspecified atom stereocenters. The summed E-state index contributed by atoms with van der Waals surface area (Å²) in [4.78, 5) is 35.6. The number of anilines is 2. The van der Waals surface area contributed by atoms with Crippen molar-refractivity contribution in [3.63, 3.8) is 0 Å². The standard InChI is InChI=1S/C26H20BrN3O7S/c1-16(31)29-19-8-10-20(11-9-19)38(34,35)37-24-12-7-17(14-22(24)27)13-18(15-28)25(32)30-23-6-4-3-5-21(23)26(33)36-2/h3-14H,1-2H3,(H,29,31)(H,30,32)/b18-13+. The minimum absolute atomic E-state index is 0.0250. The van der Waals surface area contributed by atoms with Crippen molar-refractivity contribution in [3.05, 3.63) is 87.9 Å². The number of nitrogens with one attached hydrogen (secondary N) is 2. The van der Waals surface area contributed by atoms with Crippen LogP contribution in [0.3, 0.4) is 0 Å². The first-order valence-electron chi connectivity index (χ1n) is 10.8. The van der Waals surface area contributed by atoms with Crippen LogP contribution in [0.25, 0.3) is 6.08 Å². The third kappa shape index (κ3) is 7.06. The molecule has 0 aromatic heterocycles. The maximum atomic E-state index is 12.7. The number of carbonyl (C=O) groups excluding carboxylic acids is 3. The minimum atomic E-state index is -4.20. The molecular weight excluding hydrogens is 578 g/mol. The predicted molar refractivity (Wildman–Crippen MR) is 143 cm³/mol. The zero-order chi connectivity index (χ0) is 27.9. The zero-order valence-corrected chi connectivity index (χ0v) is 22.4. The normalized spacial score (nSPS) is 11.2. The molecule has 3 aromatic rings. The van der Waals surface area contributed by atoms with Gasteiger partial charge in [0.05, 0.1) is 22.8 Å². The number of nitrogens with zero attached hydrogens (tertiary/aromatic N) is 1. The summed E-state index contributed by atoms with van der Waals surface area (Å²) >= 11 is 3.25. The molecule has 3 aromatic carbocycles. The average molecular weight is 598 g/mol. The van der Waals surface area contributed by atoms with Gasteiger partial charge in [0.1, 0.15) is 16.5 Å². The Kier molecular flexibility index (Phi) is 9.01. The van der Waals surface area contributed by atoms with Crippen LogP contribution in [0.1, 0.15) is 22.8 Å². The van der Waals surface area contributed by atoms with Gasteiger partial charge < -0.3 is 19.6 Å². The van der Waals surface area contributed by atoms with Crippen LogP contribution in [-0.2, 0) is 24.4 Å². The van der Waals surface area contributed by atoms with E-state index in [0.717, 1.165) is 0 Å². The van der Waals surface area contributed by atoms with Crippen molar-refractivity contribution in [3.8, 4) is 11.8 Å². The Morgan fingerprint density at radius 3 is 2.29 bits per heavy atom. The molecule has 0 saturated carbocycles. The first-order chi connectivity index (χ1) is 18.0. The van der Waals surface area contributed by atoms with E-state index < -0.39 is 22.0 Å². The van der Waals surface area contributed by atoms with Gasteiger partial charge in [0.25, 0.3) is 5.91 Å². The number of methoxy groups -OCH3 is 1. The Bertz CT molecular complexity index is 1580. The van der Waals surface area contributed by atoms with Gasteiger partial charge >= 0.3 is 16.1 Å². The van der Waals surface area contributed by atoms with Crippen LogP contribution in [0.5, 0.6) is 5.75 Å². The van der Waals surface area contributed by atoms with E-state index in [-0.39, 0.29) is 37.8 Å². The van der Waals surface area contributed by atoms with E-state index in [0.29, 0.717) is 11.3 Å². The smallest absolute Gasteiger partial charge is 0.339 e. The molecule has 0 heterocycles. The maximum Gasteiger partial charge on any atom is 0.339 e. The molecule has 0 aliphatic heterocycles. The highest BCUT2D eigenvalue weighted by molar-refractivity contribution is 9.10. The summed E-state index contributed by atoms with van der Waals surface area (Å²) in [5, 5.41) is 14.6. The van der Waals surface area contributed by atoms with Gasteiger partial charge in [0.15, 0.2) is 5.75 Å². The number of esters is 1. The topological polar surface area (TPSA) is 152 Å². The number of hydrogen-bond acceptors (Lipinski definition) is 8. The SMILES string of the molecule is COC(=O)c1ccccc1NC(=O)/C(C#N)=C/c1ccc(OS(=O)(=O)c2ccc(NC(C)=O)cc2)c(Br)c1. The maximum absolute atomic E-state index is 12.7. The summed E-state index contributed by atoms with van der Waals surface area (Å²) in [7, 11) is -2.99. The Morgan fingerprint density at radius 1 is 1.00 bits per heavy atom. The fourth-order valence-corrected chi connectivity index (χ4v) is 4.67. The molecular formula is C26H20BrN3O7S. The van der Waals surface area contributed by atoms with Gasteiger partial charge in [-0.15, -0.1) is 0 Å². The van der Waals surface area contributed by atoms with E-state index in [1.54, 1.807) is 12.1 Å². The molecule has 0 fully saturated rings. The summed E-state index contributed by atoms with van der Waals surface area (Å²) in [5.41, 5.74) is 0.854. The average Bonchev–Trinajstić information content (AvgIpc) is 2.88. The fraction of sp³-hybridized carbons (Fsp3) is 0.0769. The highest BCUT2D eigenvalue weighted by Crippen LogP contribution is 2.30. The van der Waals surface area contributed by atoms with E-state index >= 15 is 0 Å². The van der Waals surface area contributed by atoms with Gasteiger partial charge in [-0.3, -0.25) is 9.59 Å². The molecule has 0 aliphatic carbocycles. The van der Waals surface area contributed by atoms with E-state index in [9.17, 15) is 28.1 Å². The number of carbonyl (C=O) groups is 3. The van der Waals surface area contributed by atoms with Crippen LogP contribution in [0.4, 0.5) is 11.4 Å². The second-order valence-corrected chi connectivity index (χ2v) is 9.99. The van der Waals surface area contributed by atoms with Crippen LogP contribution >= 0.6 is 15.9 Å². The summed E-state index contributed by atoms with van der Waals surface area (Å²) in [5.74, 6) is -1.73. The number of nitriles is 1. The summed E-state index contributed by atoms with van der Waals surface area (Å²) in [6.07, 6.45) is 1.29. The van der Waals surface area contributed by atoms with Crippen molar-refractivity contribution in [2.75, 3.05) is 17.7 Å².